The van der Waals surface area contributed by atoms with Crippen LogP contribution in [-0.4, -0.2) is 0 Å². The molecule has 0 atom stereocenters. The predicted octanol–water partition coefficient (Wildman–Crippen LogP) is 28.5. The largest absolute Gasteiger partial charge is 0.212 e. The van der Waals surface area contributed by atoms with Crippen LogP contribution in [0.4, 0.5) is 0 Å². The van der Waals surface area contributed by atoms with Gasteiger partial charge in [0.1, 0.15) is 35.2 Å². The summed E-state index contributed by atoms with van der Waals surface area (Å²) >= 11 is 0. The first kappa shape index (κ1) is 62.1. The molecule has 5 heterocycles. The zero-order valence-corrected chi connectivity index (χ0v) is 74.4. The molecule has 0 amide bonds. The first-order valence-corrected chi connectivity index (χ1v) is 43.0. The summed E-state index contributed by atoms with van der Waals surface area (Å²) in [5, 5.41) is 0. The highest BCUT2D eigenvalue weighted by Crippen LogP contribution is 2.40. The lowest BCUT2D eigenvalue weighted by Gasteiger charge is -2.22. The maximum Gasteiger partial charge on any atom is 0.212 e. The minimum absolute atomic E-state index is 0.278. The molecule has 0 bridgehead atoms. The zero-order valence-electron chi connectivity index (χ0n) is 99.4. The molecule has 0 radical (unpaired) electrons. The monoisotopic (exact) mass is 1660 g/mol. The fourth-order valence-corrected chi connectivity index (χ4v) is 16.7. The zero-order chi connectivity index (χ0) is 109. The van der Waals surface area contributed by atoms with Crippen LogP contribution in [0.3, 0.4) is 0 Å². The van der Waals surface area contributed by atoms with Crippen molar-refractivity contribution in [2.24, 2.45) is 40.7 Å². The fourth-order valence-electron chi connectivity index (χ4n) is 16.7. The molecule has 2 aliphatic carbocycles. The van der Waals surface area contributed by atoms with E-state index in [1.807, 2.05) is 244 Å². The third kappa shape index (κ3) is 21.9. The maximum atomic E-state index is 9.05. The smallest absolute Gasteiger partial charge is 0.201 e. The minimum Gasteiger partial charge on any atom is -0.201 e. The quantitative estimate of drug-likeness (QED) is 0.103. The summed E-state index contributed by atoms with van der Waals surface area (Å²) in [6, 6.07) is 83.0. The first-order valence-electron chi connectivity index (χ1n) is 55.5. The summed E-state index contributed by atoms with van der Waals surface area (Å²) in [6.45, 7) is 2.38. The highest BCUT2D eigenvalue weighted by molar-refractivity contribution is 5.80. The highest BCUT2D eigenvalue weighted by atomic mass is 14.9. The molecule has 0 unspecified atom stereocenters. The molecule has 0 saturated heterocycles. The molecule has 0 aliphatic heterocycles. The molecule has 5 aromatic heterocycles. The van der Waals surface area contributed by atoms with Crippen LogP contribution in [-0.2, 0) is 41.6 Å². The molecule has 0 spiro atoms. The van der Waals surface area contributed by atoms with Crippen molar-refractivity contribution in [2.75, 3.05) is 0 Å². The summed E-state index contributed by atoms with van der Waals surface area (Å²) in [4.78, 5) is 0. The Hall–Kier alpha value is -12.1. The van der Waals surface area contributed by atoms with Crippen molar-refractivity contribution in [3.63, 3.8) is 0 Å². The lowest BCUT2D eigenvalue weighted by atomic mass is 9.84. The number of benzene rings is 10. The van der Waals surface area contributed by atoms with E-state index in [0.717, 1.165) is 186 Å². The molecule has 124 heavy (non-hydrogen) atoms. The normalized spacial score (nSPS) is 17.0. The van der Waals surface area contributed by atoms with Gasteiger partial charge in [-0.25, -0.2) is 22.8 Å². The van der Waals surface area contributed by atoms with E-state index in [9.17, 15) is 0 Å². The van der Waals surface area contributed by atoms with Gasteiger partial charge in [0.05, 0.1) is 0 Å². The fraction of sp³-hybridized carbons (Fsp3) is 0.286. The Morgan fingerprint density at radius 1 is 0.274 bits per heavy atom. The third-order valence-electron chi connectivity index (χ3n) is 23.8. The number of pyridine rings is 5. The average molecular weight is 1660 g/mol. The topological polar surface area (TPSA) is 19.4 Å². The number of aryl methyl sites for hydroxylation is 18. The van der Waals surface area contributed by atoms with Crippen LogP contribution in [0, 0.1) is 94.9 Å². The van der Waals surface area contributed by atoms with Gasteiger partial charge in [0, 0.05) is 122 Å². The summed E-state index contributed by atoms with van der Waals surface area (Å²) in [6.07, 6.45) is 17.0. The number of rotatable bonds is 13. The lowest BCUT2D eigenvalue weighted by molar-refractivity contribution is -0.660. The summed E-state index contributed by atoms with van der Waals surface area (Å²) < 4.78 is 209. The summed E-state index contributed by atoms with van der Waals surface area (Å²) in [5.41, 5.74) is 28.0. The Morgan fingerprint density at radius 3 is 0.911 bits per heavy atom. The molecule has 5 nitrogen and oxygen atoms in total. The van der Waals surface area contributed by atoms with Crippen LogP contribution in [0.2, 0.25) is 0 Å². The second kappa shape index (κ2) is 40.5. The third-order valence-corrected chi connectivity index (χ3v) is 23.8. The van der Waals surface area contributed by atoms with Gasteiger partial charge in [0.15, 0.2) is 31.0 Å². The van der Waals surface area contributed by atoms with Gasteiger partial charge in [-0.05, 0) is 309 Å². The molecule has 5 heteroatoms. The predicted molar refractivity (Wildman–Crippen MR) is 524 cm³/mol. The van der Waals surface area contributed by atoms with Crippen LogP contribution < -0.4 is 22.8 Å². The van der Waals surface area contributed by atoms with Gasteiger partial charge < -0.3 is 0 Å². The van der Waals surface area contributed by atoms with Gasteiger partial charge in [-0.1, -0.05) is 235 Å². The van der Waals surface area contributed by atoms with Crippen molar-refractivity contribution in [3.05, 3.63) is 387 Å². The number of nitrogens with zero attached hydrogens (tertiary/aromatic N) is 5. The van der Waals surface area contributed by atoms with Crippen molar-refractivity contribution in [3.8, 4) is 112 Å². The van der Waals surface area contributed by atoms with Crippen LogP contribution in [0.1, 0.15) is 214 Å². The Labute approximate surface area is 779 Å². The Balaban J connectivity index is 0.000000155. The molecule has 0 N–H and O–H groups in total. The van der Waals surface area contributed by atoms with E-state index < -0.39 is 71.5 Å². The Kier molecular flexibility index (Phi) is 20.3. The van der Waals surface area contributed by atoms with Crippen LogP contribution >= 0.6 is 0 Å². The van der Waals surface area contributed by atoms with Gasteiger partial charge in [-0.15, -0.1) is 0 Å². The van der Waals surface area contributed by atoms with Gasteiger partial charge >= 0.3 is 0 Å². The summed E-state index contributed by atoms with van der Waals surface area (Å²) in [5.74, 6) is -1.01. The van der Waals surface area contributed by atoms with E-state index in [2.05, 4.69) is 77.7 Å². The lowest BCUT2D eigenvalue weighted by Crippen LogP contribution is -2.31. The van der Waals surface area contributed by atoms with E-state index in [0.29, 0.717) is 61.2 Å². The molecule has 17 rings (SSSR count). The number of aromatic nitrogens is 5. The average Bonchev–Trinajstić information content (AvgIpc) is 1.78. The van der Waals surface area contributed by atoms with Crippen LogP contribution in [0.5, 0.6) is 0 Å². The molecule has 2 saturated carbocycles. The van der Waals surface area contributed by atoms with Crippen LogP contribution in [0.15, 0.2) is 298 Å². The van der Waals surface area contributed by atoms with Gasteiger partial charge in [-0.3, -0.25) is 0 Å². The second-order valence-electron chi connectivity index (χ2n) is 34.2. The highest BCUT2D eigenvalue weighted by Gasteiger charge is 2.26. The van der Waals surface area contributed by atoms with E-state index >= 15 is 0 Å². The maximum absolute atomic E-state index is 9.05. The van der Waals surface area contributed by atoms with E-state index in [4.69, 9.17) is 34.3 Å². The standard InChI is InChI=1S/C26H30N.C25H28N.C25H30N.C22H24N.C21H22N/c1-19-9-7-8-12-24(19)23-14-13-20(2)25(17-23)26-18-22(15-16-27(26)3)21-10-5-4-6-11-21;1-18-8-4-7-11-23(18)22-13-12-19(2)24(16-22)25-17-21(14-15-26(25)3)20-9-5-6-10-20;1-18-9-7-8-10-22(18)21-12-11-19(2)23(16-21)24-15-20(13-14-26(24)6)17-25(3,4)5;1-15-8-6-7-9-20(15)19-11-10-16(2)21(13-19)22-12-17(3)18(4)14-23(22)5;1-15-9-12-21(22(4)14-15)20-13-18(11-10-17(20)3)19-8-6-5-7-16(19)2/h7-9,12-18,21H,4-6,10-11H2,1-3H3;4,7-8,11-17,20H,5-6,9-10H2,1-3H3;7-16H,17H2,1-6H3;6-14H,1-5H3;5-14H,1-4H3/q5*+1/i1D3,21D;1D3,20D;1D3,17D2;1D3,4D3;1D3,2D3. The molecular formula is C119H134N5+5. The molecule has 10 aromatic carbocycles. The summed E-state index contributed by atoms with van der Waals surface area (Å²) in [7, 11) is 9.62. The Morgan fingerprint density at radius 2 is 0.581 bits per heavy atom. The van der Waals surface area contributed by atoms with Crippen molar-refractivity contribution in [1.29, 1.82) is 0 Å². The first-order chi connectivity index (χ1) is 69.5. The van der Waals surface area contributed by atoms with Crippen molar-refractivity contribution >= 4 is 0 Å². The van der Waals surface area contributed by atoms with Crippen LogP contribution in [0.25, 0.3) is 112 Å². The minimum atomic E-state index is -2.20. The van der Waals surface area contributed by atoms with Gasteiger partial charge in [0.25, 0.3) is 0 Å². The number of hydrogen-bond donors (Lipinski definition) is 0. The van der Waals surface area contributed by atoms with Crippen molar-refractivity contribution in [1.82, 2.24) is 0 Å². The molecular weight excluding hydrogens is 1500 g/mol. The van der Waals surface area contributed by atoms with E-state index in [-0.39, 0.29) is 5.56 Å². The van der Waals surface area contributed by atoms with Crippen molar-refractivity contribution < 1.29 is 57.1 Å². The van der Waals surface area contributed by atoms with Gasteiger partial charge in [-0.2, -0.15) is 0 Å². The molecule has 630 valence electrons. The number of hydrogen-bond acceptors (Lipinski definition) is 0. The SMILES string of the molecule is [2H]C([2H])([2H])c1c[n+](C)c(-c2cc(-c3ccccc3C([2H])([2H])[2H])ccc2C)cc1C.[2H]C([2H])([2H])c1ccc(-c2cc(-c3ccccc3C([2H])([2H])[2H])ccc2C)[n+](C)c1.[2H]C([2H])([2H])c1ccccc1-c1ccc(C)c(-c2cc(C([2H])([2H])C(C)(C)C)cc[n+]2C)c1.[2H]C([2H])([2H])c1ccccc1-c1ccc(C)c(-c2cc(C3([2H])CCCC3)cc[n+]2C)c1.[2H]C([2H])([2H])c1ccccc1-c1ccc(C)c(-c2cc(C3([2H])CCCCC3)cc[n+]2C)c1. The van der Waals surface area contributed by atoms with Crippen molar-refractivity contribution in [2.45, 2.75) is 186 Å². The van der Waals surface area contributed by atoms with E-state index in [1.165, 1.54) is 6.42 Å². The van der Waals surface area contributed by atoms with Gasteiger partial charge in [0.2, 0.25) is 28.5 Å². The Bertz CT molecular complexity index is 7380. The molecule has 2 fully saturated rings. The second-order valence-corrected chi connectivity index (χ2v) is 34.2. The van der Waals surface area contributed by atoms with E-state index in [1.54, 1.807) is 96.7 Å². The molecule has 2 aliphatic rings. The molecule has 15 aromatic rings.